The van der Waals surface area contributed by atoms with E-state index in [1.54, 1.807) is 0 Å². The second kappa shape index (κ2) is 7.81. The molecule has 18 heavy (non-hydrogen) atoms. The van der Waals surface area contributed by atoms with Crippen molar-refractivity contribution in [1.29, 1.82) is 0 Å². The van der Waals surface area contributed by atoms with Crippen LogP contribution >= 0.6 is 0 Å². The Bertz CT molecular complexity index is 353. The van der Waals surface area contributed by atoms with Crippen LogP contribution in [-0.4, -0.2) is 41.4 Å². The normalized spacial score (nSPS) is 12.4. The van der Waals surface area contributed by atoms with Crippen LogP contribution < -0.4 is 11.1 Å². The van der Waals surface area contributed by atoms with E-state index in [4.69, 9.17) is 15.9 Å². The second-order valence-electron chi connectivity index (χ2n) is 4.20. The number of benzene rings is 1. The lowest BCUT2D eigenvalue weighted by Gasteiger charge is -2.17. The Morgan fingerprint density at radius 2 is 1.83 bits per heavy atom. The van der Waals surface area contributed by atoms with Crippen molar-refractivity contribution in [3.63, 3.8) is 0 Å². The highest BCUT2D eigenvalue weighted by atomic mass is 16.3. The molecular weight excluding hydrogens is 232 g/mol. The molecule has 100 valence electrons. The molecular formula is C13H20N2O3. The van der Waals surface area contributed by atoms with Gasteiger partial charge in [0.2, 0.25) is 5.91 Å². The van der Waals surface area contributed by atoms with Crippen LogP contribution in [0, 0.1) is 0 Å². The molecule has 0 radical (unpaired) electrons. The van der Waals surface area contributed by atoms with Gasteiger partial charge in [-0.25, -0.2) is 0 Å². The van der Waals surface area contributed by atoms with Gasteiger partial charge in [-0.3, -0.25) is 4.79 Å². The quantitative estimate of drug-likeness (QED) is 0.522. The number of nitrogens with one attached hydrogen (secondary N) is 1. The van der Waals surface area contributed by atoms with Crippen LogP contribution in [0.2, 0.25) is 0 Å². The van der Waals surface area contributed by atoms with E-state index >= 15 is 0 Å². The van der Waals surface area contributed by atoms with Crippen molar-refractivity contribution in [2.75, 3.05) is 13.2 Å². The number of hydrogen-bond acceptors (Lipinski definition) is 4. The molecule has 1 aromatic rings. The standard InChI is InChI=1S/C13H20N2O3/c14-12(13(18)15-11(8-16)9-17)7-6-10-4-2-1-3-5-10/h1-5,11-12,16-17H,6-9,14H2,(H,15,18)/t12-/m0/s1. The predicted molar refractivity (Wildman–Crippen MR) is 68.8 cm³/mol. The van der Waals surface area contributed by atoms with Gasteiger partial charge in [0.05, 0.1) is 25.3 Å². The number of aryl methyl sites for hydroxylation is 1. The van der Waals surface area contributed by atoms with Gasteiger partial charge in [-0.1, -0.05) is 30.3 Å². The Morgan fingerprint density at radius 1 is 1.22 bits per heavy atom. The van der Waals surface area contributed by atoms with Gasteiger partial charge in [0.15, 0.2) is 0 Å². The highest BCUT2D eigenvalue weighted by Crippen LogP contribution is 2.04. The first-order valence-corrected chi connectivity index (χ1v) is 5.99. The molecule has 0 spiro atoms. The van der Waals surface area contributed by atoms with Gasteiger partial charge in [-0.2, -0.15) is 0 Å². The molecule has 5 heteroatoms. The Hall–Kier alpha value is -1.43. The summed E-state index contributed by atoms with van der Waals surface area (Å²) < 4.78 is 0. The minimum Gasteiger partial charge on any atom is -0.394 e. The summed E-state index contributed by atoms with van der Waals surface area (Å²) in [4.78, 5) is 11.6. The van der Waals surface area contributed by atoms with Gasteiger partial charge >= 0.3 is 0 Å². The number of nitrogens with two attached hydrogens (primary N) is 1. The van der Waals surface area contributed by atoms with Crippen molar-refractivity contribution in [3.8, 4) is 0 Å². The van der Waals surface area contributed by atoms with Crippen LogP contribution in [0.5, 0.6) is 0 Å². The Balaban J connectivity index is 2.36. The third kappa shape index (κ3) is 4.83. The number of carbonyl (C=O) groups is 1. The third-order valence-corrected chi connectivity index (χ3v) is 2.71. The number of hydrogen-bond donors (Lipinski definition) is 4. The lowest BCUT2D eigenvalue weighted by atomic mass is 10.1. The fourth-order valence-electron chi connectivity index (χ4n) is 1.56. The van der Waals surface area contributed by atoms with E-state index in [0.29, 0.717) is 6.42 Å². The molecule has 0 aliphatic heterocycles. The second-order valence-corrected chi connectivity index (χ2v) is 4.20. The summed E-state index contributed by atoms with van der Waals surface area (Å²) in [5.41, 5.74) is 6.87. The molecule has 0 unspecified atom stereocenters. The lowest BCUT2D eigenvalue weighted by molar-refractivity contribution is -0.123. The minimum absolute atomic E-state index is 0.298. The minimum atomic E-state index is -0.639. The summed E-state index contributed by atoms with van der Waals surface area (Å²) >= 11 is 0. The Labute approximate surface area is 107 Å². The zero-order chi connectivity index (χ0) is 13.4. The maximum Gasteiger partial charge on any atom is 0.237 e. The fraction of sp³-hybridized carbons (Fsp3) is 0.462. The summed E-state index contributed by atoms with van der Waals surface area (Å²) in [6, 6.07) is 8.50. The molecule has 5 N–H and O–H groups in total. The molecule has 0 heterocycles. The highest BCUT2D eigenvalue weighted by Gasteiger charge is 2.16. The van der Waals surface area contributed by atoms with Crippen molar-refractivity contribution in [2.45, 2.75) is 24.9 Å². The number of amides is 1. The van der Waals surface area contributed by atoms with Crippen LogP contribution in [0.4, 0.5) is 0 Å². The first-order chi connectivity index (χ1) is 8.67. The van der Waals surface area contributed by atoms with Gasteiger partial charge in [-0.15, -0.1) is 0 Å². The Kier molecular flexibility index (Phi) is 6.35. The van der Waals surface area contributed by atoms with E-state index in [1.165, 1.54) is 0 Å². The molecule has 0 aliphatic carbocycles. The van der Waals surface area contributed by atoms with Gasteiger partial charge in [0.1, 0.15) is 0 Å². The van der Waals surface area contributed by atoms with Crippen LogP contribution in [0.15, 0.2) is 30.3 Å². The van der Waals surface area contributed by atoms with E-state index in [-0.39, 0.29) is 19.1 Å². The van der Waals surface area contributed by atoms with Crippen LogP contribution in [0.3, 0.4) is 0 Å². The number of aliphatic hydroxyl groups is 2. The molecule has 1 aromatic carbocycles. The summed E-state index contributed by atoms with van der Waals surface area (Å²) in [6.45, 7) is -0.596. The molecule has 1 atom stereocenters. The lowest BCUT2D eigenvalue weighted by Crippen LogP contribution is -2.48. The van der Waals surface area contributed by atoms with Gasteiger partial charge in [0.25, 0.3) is 0 Å². The predicted octanol–water partition coefficient (Wildman–Crippen LogP) is -0.584. The average molecular weight is 252 g/mol. The first-order valence-electron chi connectivity index (χ1n) is 5.99. The molecule has 0 aromatic heterocycles. The van der Waals surface area contributed by atoms with Crippen molar-refractivity contribution in [3.05, 3.63) is 35.9 Å². The van der Waals surface area contributed by atoms with Crippen molar-refractivity contribution in [2.24, 2.45) is 5.73 Å². The van der Waals surface area contributed by atoms with Crippen molar-refractivity contribution in [1.82, 2.24) is 5.32 Å². The third-order valence-electron chi connectivity index (χ3n) is 2.71. The molecule has 1 amide bonds. The summed E-state index contributed by atoms with van der Waals surface area (Å²) in [5, 5.41) is 20.2. The zero-order valence-electron chi connectivity index (χ0n) is 10.2. The maximum atomic E-state index is 11.6. The molecule has 5 nitrogen and oxygen atoms in total. The summed E-state index contributed by atoms with van der Waals surface area (Å²) in [7, 11) is 0. The van der Waals surface area contributed by atoms with E-state index in [0.717, 1.165) is 12.0 Å². The average Bonchev–Trinajstić information content (AvgIpc) is 2.42. The topological polar surface area (TPSA) is 95.6 Å². The highest BCUT2D eigenvalue weighted by molar-refractivity contribution is 5.81. The van der Waals surface area contributed by atoms with Crippen LogP contribution in [0.1, 0.15) is 12.0 Å². The van der Waals surface area contributed by atoms with E-state index < -0.39 is 12.1 Å². The van der Waals surface area contributed by atoms with Gasteiger partial charge in [0, 0.05) is 0 Å². The van der Waals surface area contributed by atoms with E-state index in [2.05, 4.69) is 5.32 Å². The molecule has 0 fully saturated rings. The fourth-order valence-corrected chi connectivity index (χ4v) is 1.56. The van der Waals surface area contributed by atoms with Crippen LogP contribution in [0.25, 0.3) is 0 Å². The van der Waals surface area contributed by atoms with Gasteiger partial charge < -0.3 is 21.3 Å². The van der Waals surface area contributed by atoms with Crippen molar-refractivity contribution >= 4 is 5.91 Å². The van der Waals surface area contributed by atoms with E-state index in [1.807, 2.05) is 30.3 Å². The number of rotatable bonds is 7. The van der Waals surface area contributed by atoms with Crippen molar-refractivity contribution < 1.29 is 15.0 Å². The zero-order valence-corrected chi connectivity index (χ0v) is 10.2. The summed E-state index contributed by atoms with van der Waals surface area (Å²) in [5.74, 6) is -0.348. The maximum absolute atomic E-state index is 11.6. The summed E-state index contributed by atoms with van der Waals surface area (Å²) in [6.07, 6.45) is 1.25. The largest absolute Gasteiger partial charge is 0.394 e. The smallest absolute Gasteiger partial charge is 0.237 e. The SMILES string of the molecule is N[C@@H](CCc1ccccc1)C(=O)NC(CO)CO. The van der Waals surface area contributed by atoms with Gasteiger partial charge in [-0.05, 0) is 18.4 Å². The number of carbonyl (C=O) groups excluding carboxylic acids is 1. The molecule has 0 aliphatic rings. The van der Waals surface area contributed by atoms with Crippen LogP contribution in [-0.2, 0) is 11.2 Å². The molecule has 0 saturated heterocycles. The van der Waals surface area contributed by atoms with E-state index in [9.17, 15) is 4.79 Å². The molecule has 1 rings (SSSR count). The monoisotopic (exact) mass is 252 g/mol. The Morgan fingerprint density at radius 3 is 2.39 bits per heavy atom. The first kappa shape index (κ1) is 14.6. The molecule has 0 bridgehead atoms. The number of aliphatic hydroxyl groups excluding tert-OH is 2. The molecule has 0 saturated carbocycles.